The summed E-state index contributed by atoms with van der Waals surface area (Å²) in [6.07, 6.45) is 4.56. The predicted molar refractivity (Wildman–Crippen MR) is 122 cm³/mol. The number of carbonyl (C=O) groups is 1. The maximum atomic E-state index is 13.0. The molecule has 0 N–H and O–H groups in total. The van der Waals surface area contributed by atoms with Gasteiger partial charge in [-0.3, -0.25) is 9.69 Å². The number of amidine groups is 1. The zero-order chi connectivity index (χ0) is 21.3. The lowest BCUT2D eigenvalue weighted by Gasteiger charge is -2.16. The second kappa shape index (κ2) is 10.8. The summed E-state index contributed by atoms with van der Waals surface area (Å²) in [5, 5.41) is 9.16. The molecule has 30 heavy (non-hydrogen) atoms. The summed E-state index contributed by atoms with van der Waals surface area (Å²) in [6, 6.07) is 15.3. The SMILES string of the molecule is CCCC[C@H]1S/C(=N\N=C/c2ccccc2OC)N(Cc2ccc(OC)cc2)C1=O. The molecule has 0 unspecified atom stereocenters. The molecular weight excluding hydrogens is 398 g/mol. The van der Waals surface area contributed by atoms with Crippen molar-refractivity contribution in [2.24, 2.45) is 10.2 Å². The lowest BCUT2D eigenvalue weighted by Crippen LogP contribution is -2.31. The number of benzene rings is 2. The van der Waals surface area contributed by atoms with Crippen molar-refractivity contribution < 1.29 is 14.3 Å². The Labute approximate surface area is 182 Å². The van der Waals surface area contributed by atoms with Crippen LogP contribution in [0.5, 0.6) is 11.5 Å². The molecule has 1 aliphatic rings. The molecular formula is C23H27N3O3S. The van der Waals surface area contributed by atoms with Gasteiger partial charge >= 0.3 is 0 Å². The molecule has 0 saturated carbocycles. The van der Waals surface area contributed by atoms with Gasteiger partial charge in [0.2, 0.25) is 5.91 Å². The number of ether oxygens (including phenoxy) is 2. The average Bonchev–Trinajstić information content (AvgIpc) is 3.07. The number of unbranched alkanes of at least 4 members (excludes halogenated alkanes) is 1. The van der Waals surface area contributed by atoms with E-state index in [0.717, 1.165) is 41.9 Å². The first kappa shape index (κ1) is 21.9. The van der Waals surface area contributed by atoms with Gasteiger partial charge in [-0.25, -0.2) is 0 Å². The smallest absolute Gasteiger partial charge is 0.242 e. The number of nitrogens with zero attached hydrogens (tertiary/aromatic N) is 3. The van der Waals surface area contributed by atoms with Crippen LogP contribution >= 0.6 is 11.8 Å². The maximum absolute atomic E-state index is 13.0. The van der Waals surface area contributed by atoms with Crippen molar-refractivity contribution in [1.29, 1.82) is 0 Å². The fraction of sp³-hybridized carbons (Fsp3) is 0.348. The van der Waals surface area contributed by atoms with Crippen LogP contribution in [0.3, 0.4) is 0 Å². The first-order valence-corrected chi connectivity index (χ1v) is 10.9. The number of hydrogen-bond acceptors (Lipinski definition) is 6. The Balaban J connectivity index is 1.81. The number of para-hydroxylation sites is 1. The van der Waals surface area contributed by atoms with E-state index in [-0.39, 0.29) is 11.2 Å². The molecule has 0 radical (unpaired) electrons. The van der Waals surface area contributed by atoms with Gasteiger partial charge in [-0.05, 0) is 36.2 Å². The van der Waals surface area contributed by atoms with Crippen LogP contribution in [0.15, 0.2) is 58.7 Å². The molecule has 7 heteroatoms. The minimum absolute atomic E-state index is 0.0931. The molecule has 1 heterocycles. The number of carbonyl (C=O) groups excluding carboxylic acids is 1. The van der Waals surface area contributed by atoms with Crippen molar-refractivity contribution in [2.45, 2.75) is 38.0 Å². The van der Waals surface area contributed by atoms with Crippen molar-refractivity contribution in [3.05, 3.63) is 59.7 Å². The fourth-order valence-corrected chi connectivity index (χ4v) is 4.27. The highest BCUT2D eigenvalue weighted by molar-refractivity contribution is 8.15. The summed E-state index contributed by atoms with van der Waals surface area (Å²) >= 11 is 1.50. The number of hydrogen-bond donors (Lipinski definition) is 0. The van der Waals surface area contributed by atoms with E-state index in [0.29, 0.717) is 11.7 Å². The predicted octanol–water partition coefficient (Wildman–Crippen LogP) is 4.73. The Morgan fingerprint density at radius 3 is 2.57 bits per heavy atom. The Hall–Kier alpha value is -2.80. The summed E-state index contributed by atoms with van der Waals surface area (Å²) in [5.74, 6) is 1.61. The minimum Gasteiger partial charge on any atom is -0.497 e. The maximum Gasteiger partial charge on any atom is 0.242 e. The number of thioether (sulfide) groups is 1. The summed E-state index contributed by atoms with van der Waals surface area (Å²) in [4.78, 5) is 14.7. The Kier molecular flexibility index (Phi) is 7.90. The lowest BCUT2D eigenvalue weighted by molar-refractivity contribution is -0.126. The van der Waals surface area contributed by atoms with Gasteiger partial charge in [0.1, 0.15) is 11.5 Å². The normalized spacial score (nSPS) is 17.8. The fourth-order valence-electron chi connectivity index (χ4n) is 3.13. The highest BCUT2D eigenvalue weighted by atomic mass is 32.2. The number of methoxy groups -OCH3 is 2. The third-order valence-corrected chi connectivity index (χ3v) is 6.05. The van der Waals surface area contributed by atoms with Gasteiger partial charge in [0.15, 0.2) is 5.17 Å². The highest BCUT2D eigenvalue weighted by Gasteiger charge is 2.37. The summed E-state index contributed by atoms with van der Waals surface area (Å²) < 4.78 is 10.6. The molecule has 0 bridgehead atoms. The van der Waals surface area contributed by atoms with Crippen molar-refractivity contribution in [3.8, 4) is 11.5 Å². The van der Waals surface area contributed by atoms with Crippen LogP contribution in [0.1, 0.15) is 37.3 Å². The van der Waals surface area contributed by atoms with E-state index in [1.54, 1.807) is 25.3 Å². The standard InChI is InChI=1S/C23H27N3O3S/c1-4-5-10-21-22(27)26(16-17-11-13-19(28-2)14-12-17)23(30-21)25-24-15-18-8-6-7-9-20(18)29-3/h6-9,11-15,21H,4-5,10,16H2,1-3H3/b24-15-,25-23-/t21-/m1/s1. The van der Waals surface area contributed by atoms with Gasteiger partial charge in [-0.2, -0.15) is 5.10 Å². The van der Waals surface area contributed by atoms with E-state index in [1.807, 2.05) is 48.5 Å². The molecule has 1 fully saturated rings. The van der Waals surface area contributed by atoms with Gasteiger partial charge < -0.3 is 9.47 Å². The van der Waals surface area contributed by atoms with Crippen LogP contribution in [-0.4, -0.2) is 41.7 Å². The highest BCUT2D eigenvalue weighted by Crippen LogP contribution is 2.32. The molecule has 6 nitrogen and oxygen atoms in total. The molecule has 2 aromatic rings. The Bertz CT molecular complexity index is 912. The monoisotopic (exact) mass is 425 g/mol. The molecule has 3 rings (SSSR count). The first-order chi connectivity index (χ1) is 14.7. The third kappa shape index (κ3) is 5.42. The average molecular weight is 426 g/mol. The van der Waals surface area contributed by atoms with Crippen molar-refractivity contribution >= 4 is 29.1 Å². The molecule has 0 spiro atoms. The number of rotatable bonds is 9. The van der Waals surface area contributed by atoms with Crippen molar-refractivity contribution in [2.75, 3.05) is 14.2 Å². The first-order valence-electron chi connectivity index (χ1n) is 10.0. The third-order valence-electron chi connectivity index (χ3n) is 4.82. The van der Waals surface area contributed by atoms with E-state index >= 15 is 0 Å². The molecule has 1 amide bonds. The molecule has 158 valence electrons. The summed E-state index contributed by atoms with van der Waals surface area (Å²) in [7, 11) is 3.26. The van der Waals surface area contributed by atoms with E-state index in [4.69, 9.17) is 9.47 Å². The zero-order valence-electron chi connectivity index (χ0n) is 17.6. The second-order valence-corrected chi connectivity index (χ2v) is 8.06. The number of amides is 1. The van der Waals surface area contributed by atoms with E-state index < -0.39 is 0 Å². The van der Waals surface area contributed by atoms with Crippen LogP contribution in [-0.2, 0) is 11.3 Å². The molecule has 2 aromatic carbocycles. The van der Waals surface area contributed by atoms with E-state index in [9.17, 15) is 4.79 Å². The topological polar surface area (TPSA) is 63.5 Å². The molecule has 0 aliphatic carbocycles. The largest absolute Gasteiger partial charge is 0.497 e. The Morgan fingerprint density at radius 2 is 1.87 bits per heavy atom. The van der Waals surface area contributed by atoms with E-state index in [1.165, 1.54) is 11.8 Å². The van der Waals surface area contributed by atoms with Gasteiger partial charge in [0.05, 0.1) is 32.2 Å². The van der Waals surface area contributed by atoms with E-state index in [2.05, 4.69) is 17.1 Å². The molecule has 1 aliphatic heterocycles. The van der Waals surface area contributed by atoms with Crippen LogP contribution in [0.25, 0.3) is 0 Å². The summed E-state index contributed by atoms with van der Waals surface area (Å²) in [5.41, 5.74) is 1.85. The van der Waals surface area contributed by atoms with Crippen molar-refractivity contribution in [1.82, 2.24) is 4.90 Å². The zero-order valence-corrected chi connectivity index (χ0v) is 18.4. The Morgan fingerprint density at radius 1 is 1.10 bits per heavy atom. The molecule has 1 atom stereocenters. The van der Waals surface area contributed by atoms with Gasteiger partial charge in [0, 0.05) is 5.56 Å². The lowest BCUT2D eigenvalue weighted by atomic mass is 10.1. The minimum atomic E-state index is -0.108. The van der Waals surface area contributed by atoms with Crippen LogP contribution in [0, 0.1) is 0 Å². The van der Waals surface area contributed by atoms with Crippen LogP contribution < -0.4 is 9.47 Å². The molecule has 0 aromatic heterocycles. The van der Waals surface area contributed by atoms with Gasteiger partial charge in [0.25, 0.3) is 0 Å². The summed E-state index contributed by atoms with van der Waals surface area (Å²) in [6.45, 7) is 2.59. The van der Waals surface area contributed by atoms with Gasteiger partial charge in [-0.15, -0.1) is 5.10 Å². The van der Waals surface area contributed by atoms with Crippen molar-refractivity contribution in [3.63, 3.8) is 0 Å². The quantitative estimate of drug-likeness (QED) is 0.430. The molecule has 1 saturated heterocycles. The van der Waals surface area contributed by atoms with Crippen LogP contribution in [0.2, 0.25) is 0 Å². The van der Waals surface area contributed by atoms with Gasteiger partial charge in [-0.1, -0.05) is 55.8 Å². The second-order valence-electron chi connectivity index (χ2n) is 6.89. The van der Waals surface area contributed by atoms with Crippen LogP contribution in [0.4, 0.5) is 0 Å².